The fourth-order valence-corrected chi connectivity index (χ4v) is 5.37. The molecule has 5 rings (SSSR count). The molecule has 0 saturated heterocycles. The number of benzene rings is 3. The van der Waals surface area contributed by atoms with Gasteiger partial charge in [0.25, 0.3) is 5.91 Å². The highest BCUT2D eigenvalue weighted by atomic mass is 79.9. The number of ketones is 1. The van der Waals surface area contributed by atoms with Gasteiger partial charge in [-0.05, 0) is 48.5 Å². The molecule has 0 radical (unpaired) electrons. The van der Waals surface area contributed by atoms with Crippen molar-refractivity contribution in [2.45, 2.75) is 0 Å². The van der Waals surface area contributed by atoms with E-state index in [9.17, 15) is 9.59 Å². The van der Waals surface area contributed by atoms with Crippen molar-refractivity contribution in [2.75, 3.05) is 5.32 Å². The number of hydrogen-bond donors (Lipinski definition) is 1. The summed E-state index contributed by atoms with van der Waals surface area (Å²) in [6, 6.07) is 19.4. The Labute approximate surface area is 204 Å². The van der Waals surface area contributed by atoms with Gasteiger partial charge in [0.1, 0.15) is 10.5 Å². The van der Waals surface area contributed by atoms with E-state index in [1.54, 1.807) is 60.7 Å². The van der Waals surface area contributed by atoms with Gasteiger partial charge in [-0.1, -0.05) is 57.3 Å². The summed E-state index contributed by atoms with van der Waals surface area (Å²) >= 11 is 17.2. The number of carbonyl (C=O) groups excluding carboxylic acids is 2. The maximum atomic E-state index is 13.2. The Balaban J connectivity index is 1.59. The molecule has 0 aliphatic rings. The molecule has 1 N–H and O–H groups in total. The van der Waals surface area contributed by atoms with Crippen molar-refractivity contribution in [1.82, 2.24) is 0 Å². The highest BCUT2D eigenvalue weighted by molar-refractivity contribution is 9.10. The van der Waals surface area contributed by atoms with Gasteiger partial charge in [-0.25, -0.2) is 0 Å². The summed E-state index contributed by atoms with van der Waals surface area (Å²) in [6.45, 7) is 0. The molecule has 8 heteroatoms. The van der Waals surface area contributed by atoms with E-state index in [2.05, 4.69) is 21.2 Å². The first-order valence-corrected chi connectivity index (χ1v) is 11.8. The van der Waals surface area contributed by atoms with Crippen LogP contribution in [-0.4, -0.2) is 11.7 Å². The summed E-state index contributed by atoms with van der Waals surface area (Å²) in [7, 11) is 0. The molecule has 0 aliphatic carbocycles. The van der Waals surface area contributed by atoms with Crippen LogP contribution in [0.5, 0.6) is 0 Å². The van der Waals surface area contributed by atoms with Gasteiger partial charge in [0.05, 0.1) is 10.7 Å². The van der Waals surface area contributed by atoms with Gasteiger partial charge >= 0.3 is 0 Å². The minimum atomic E-state index is -0.427. The number of hydrogen-bond acceptors (Lipinski definition) is 4. The monoisotopic (exact) mass is 543 g/mol. The molecular formula is C24H12BrCl2NO3S. The number of nitrogens with one attached hydrogen (secondary N) is 1. The van der Waals surface area contributed by atoms with Gasteiger partial charge in [-0.15, -0.1) is 11.3 Å². The molecule has 0 fully saturated rings. The van der Waals surface area contributed by atoms with Crippen molar-refractivity contribution in [3.05, 3.63) is 97.4 Å². The molecule has 0 spiro atoms. The van der Waals surface area contributed by atoms with Crippen molar-refractivity contribution in [1.29, 1.82) is 0 Å². The van der Waals surface area contributed by atoms with Gasteiger partial charge < -0.3 is 9.73 Å². The molecule has 0 aliphatic heterocycles. The lowest BCUT2D eigenvalue weighted by Gasteiger charge is -2.06. The van der Waals surface area contributed by atoms with Crippen molar-refractivity contribution in [2.24, 2.45) is 0 Å². The van der Waals surface area contributed by atoms with Gasteiger partial charge in [0, 0.05) is 30.5 Å². The van der Waals surface area contributed by atoms with Gasteiger partial charge in [0.15, 0.2) is 5.76 Å². The third kappa shape index (κ3) is 3.73. The first-order chi connectivity index (χ1) is 15.4. The smallest absolute Gasteiger partial charge is 0.267 e. The molecule has 0 saturated carbocycles. The second-order valence-corrected chi connectivity index (χ2v) is 9.76. The summed E-state index contributed by atoms with van der Waals surface area (Å²) < 4.78 is 7.52. The Bertz CT molecular complexity index is 1520. The Hall–Kier alpha value is -2.64. The van der Waals surface area contributed by atoms with Crippen LogP contribution in [0.2, 0.25) is 10.0 Å². The summed E-state index contributed by atoms with van der Waals surface area (Å²) in [4.78, 5) is 26.8. The van der Waals surface area contributed by atoms with E-state index < -0.39 is 5.91 Å². The van der Waals surface area contributed by atoms with Crippen LogP contribution in [0.15, 0.2) is 75.6 Å². The zero-order valence-electron chi connectivity index (χ0n) is 16.1. The second kappa shape index (κ2) is 8.37. The number of halogens is 3. The normalized spacial score (nSPS) is 11.2. The van der Waals surface area contributed by atoms with Crippen molar-refractivity contribution in [3.63, 3.8) is 0 Å². The summed E-state index contributed by atoms with van der Waals surface area (Å²) in [6.07, 6.45) is 0. The van der Waals surface area contributed by atoms with E-state index in [4.69, 9.17) is 27.6 Å². The molecule has 32 heavy (non-hydrogen) atoms. The Morgan fingerprint density at radius 3 is 2.47 bits per heavy atom. The van der Waals surface area contributed by atoms with Crippen LogP contribution >= 0.6 is 50.5 Å². The van der Waals surface area contributed by atoms with Gasteiger partial charge in [-0.3, -0.25) is 9.59 Å². The van der Waals surface area contributed by atoms with E-state index in [-0.39, 0.29) is 11.5 Å². The number of carbonyl (C=O) groups is 2. The van der Waals surface area contributed by atoms with Crippen molar-refractivity contribution >= 4 is 88.9 Å². The quantitative estimate of drug-likeness (QED) is 0.232. The minimum Gasteiger partial charge on any atom is -0.450 e. The third-order valence-electron chi connectivity index (χ3n) is 4.94. The highest BCUT2D eigenvalue weighted by Gasteiger charge is 2.25. The van der Waals surface area contributed by atoms with Crippen LogP contribution in [0.1, 0.15) is 25.8 Å². The number of fused-ring (bicyclic) bond motifs is 2. The Morgan fingerprint density at radius 2 is 1.69 bits per heavy atom. The van der Waals surface area contributed by atoms with Crippen LogP contribution in [0.4, 0.5) is 5.69 Å². The highest BCUT2D eigenvalue weighted by Crippen LogP contribution is 2.38. The Kier molecular flexibility index (Phi) is 5.55. The van der Waals surface area contributed by atoms with Crippen molar-refractivity contribution < 1.29 is 14.0 Å². The zero-order valence-corrected chi connectivity index (χ0v) is 20.0. The second-order valence-electron chi connectivity index (χ2n) is 6.98. The van der Waals surface area contributed by atoms with Crippen LogP contribution in [0.3, 0.4) is 0 Å². The first kappa shape index (κ1) is 21.2. The van der Waals surface area contributed by atoms with Crippen LogP contribution in [-0.2, 0) is 0 Å². The molecule has 2 aromatic heterocycles. The third-order valence-corrected chi connectivity index (χ3v) is 7.36. The fourth-order valence-electron chi connectivity index (χ4n) is 3.42. The van der Waals surface area contributed by atoms with Crippen LogP contribution < -0.4 is 5.32 Å². The van der Waals surface area contributed by atoms with Crippen LogP contribution in [0.25, 0.3) is 21.1 Å². The molecule has 3 aromatic carbocycles. The standard InChI is InChI=1S/C24H12BrCl2NO3S/c25-13-7-5-12(6-8-13)21(29)22-20(15-3-1-2-4-17(15)31-22)28-24(30)23-19(27)16-10-9-14(26)11-18(16)32-23/h1-11H,(H,28,30). The summed E-state index contributed by atoms with van der Waals surface area (Å²) in [5.41, 5.74) is 1.25. The lowest BCUT2D eigenvalue weighted by molar-refractivity contribution is 0.101. The van der Waals surface area contributed by atoms with Crippen LogP contribution in [0, 0.1) is 0 Å². The van der Waals surface area contributed by atoms with E-state index in [0.29, 0.717) is 37.1 Å². The topological polar surface area (TPSA) is 59.3 Å². The number of thiophene rings is 1. The van der Waals surface area contributed by atoms with Gasteiger partial charge in [0.2, 0.25) is 5.78 Å². The number of anilines is 1. The summed E-state index contributed by atoms with van der Waals surface area (Å²) in [5, 5.41) is 5.13. The molecule has 0 unspecified atom stereocenters. The van der Waals surface area contributed by atoms with E-state index in [1.165, 1.54) is 11.3 Å². The average molecular weight is 545 g/mol. The fraction of sp³-hybridized carbons (Fsp3) is 0. The maximum Gasteiger partial charge on any atom is 0.267 e. The largest absolute Gasteiger partial charge is 0.450 e. The maximum absolute atomic E-state index is 13.2. The number of para-hydroxylation sites is 1. The van der Waals surface area contributed by atoms with Gasteiger partial charge in [-0.2, -0.15) is 0 Å². The molecule has 4 nitrogen and oxygen atoms in total. The molecule has 0 atom stereocenters. The number of amides is 1. The molecule has 5 aromatic rings. The zero-order chi connectivity index (χ0) is 22.4. The van der Waals surface area contributed by atoms with E-state index >= 15 is 0 Å². The predicted molar refractivity (Wildman–Crippen MR) is 134 cm³/mol. The molecule has 2 heterocycles. The molecule has 1 amide bonds. The number of furan rings is 1. The minimum absolute atomic E-state index is 0.0575. The summed E-state index contributed by atoms with van der Waals surface area (Å²) in [5.74, 6) is -0.705. The van der Waals surface area contributed by atoms with E-state index in [1.807, 2.05) is 6.07 Å². The SMILES string of the molecule is O=C(c1ccc(Br)cc1)c1oc2ccccc2c1NC(=O)c1sc2cc(Cl)ccc2c1Cl. The molecule has 158 valence electrons. The molecule has 0 bridgehead atoms. The van der Waals surface area contributed by atoms with E-state index in [0.717, 1.165) is 14.6 Å². The number of rotatable bonds is 4. The lowest BCUT2D eigenvalue weighted by Crippen LogP contribution is -2.13. The Morgan fingerprint density at radius 1 is 0.938 bits per heavy atom. The molecular weight excluding hydrogens is 533 g/mol. The van der Waals surface area contributed by atoms with Crippen molar-refractivity contribution in [3.8, 4) is 0 Å². The predicted octanol–water partition coefficient (Wildman–Crippen LogP) is 8.20. The average Bonchev–Trinajstić information content (AvgIpc) is 3.31. The lowest BCUT2D eigenvalue weighted by atomic mass is 10.1. The first-order valence-electron chi connectivity index (χ1n) is 9.43.